The van der Waals surface area contributed by atoms with Crippen molar-refractivity contribution in [3.05, 3.63) is 59.7 Å². The lowest BCUT2D eigenvalue weighted by Crippen LogP contribution is -2.13. The maximum absolute atomic E-state index is 2.28. The summed E-state index contributed by atoms with van der Waals surface area (Å²) in [6.07, 6.45) is 0. The van der Waals surface area contributed by atoms with E-state index < -0.39 is 0 Å². The molecule has 0 saturated carbocycles. The number of rotatable bonds is 4. The lowest BCUT2D eigenvalue weighted by molar-refractivity contribution is 0.872. The summed E-state index contributed by atoms with van der Waals surface area (Å²) in [4.78, 5) is 0. The van der Waals surface area contributed by atoms with Crippen LogP contribution in [0.15, 0.2) is 48.5 Å². The van der Waals surface area contributed by atoms with Crippen molar-refractivity contribution in [1.29, 1.82) is 0 Å². The summed E-state index contributed by atoms with van der Waals surface area (Å²) in [6, 6.07) is 17.7. The molecule has 0 atom stereocenters. The van der Waals surface area contributed by atoms with Crippen molar-refractivity contribution in [2.75, 3.05) is 0 Å². The van der Waals surface area contributed by atoms with Gasteiger partial charge >= 0.3 is 0 Å². The monoisotopic (exact) mass is 306 g/mol. The molecule has 0 amide bonds. The van der Waals surface area contributed by atoms with Gasteiger partial charge in [0.1, 0.15) is 0 Å². The fourth-order valence-corrected chi connectivity index (χ4v) is 4.06. The predicted molar refractivity (Wildman–Crippen MR) is 95.9 cm³/mol. The largest absolute Gasteiger partial charge is 0.147 e. The molecule has 0 heterocycles. The van der Waals surface area contributed by atoms with Gasteiger partial charge in [-0.1, -0.05) is 84.8 Å². The first kappa shape index (κ1) is 17.2. The van der Waals surface area contributed by atoms with Crippen molar-refractivity contribution >= 4 is 31.6 Å². The van der Waals surface area contributed by atoms with E-state index in [0.29, 0.717) is 11.8 Å². The molecule has 0 bridgehead atoms. The van der Waals surface area contributed by atoms with E-state index in [1.165, 1.54) is 21.7 Å². The molecule has 0 saturated heterocycles. The second-order valence-electron chi connectivity index (χ2n) is 5.61. The molecule has 0 aliphatic heterocycles. The van der Waals surface area contributed by atoms with E-state index in [1.54, 1.807) is 0 Å². The Morgan fingerprint density at radius 1 is 0.650 bits per heavy atom. The average Bonchev–Trinajstić information content (AvgIpc) is 2.39. The molecule has 0 unspecified atom stereocenters. The van der Waals surface area contributed by atoms with Gasteiger partial charge in [0, 0.05) is 0 Å². The predicted octanol–water partition coefficient (Wildman–Crippen LogP) is 4.98. The van der Waals surface area contributed by atoms with Gasteiger partial charge in [-0.25, -0.2) is 0 Å². The van der Waals surface area contributed by atoms with Crippen molar-refractivity contribution in [2.24, 2.45) is 0 Å². The zero-order valence-electron chi connectivity index (χ0n) is 12.7. The second-order valence-corrected chi connectivity index (χ2v) is 6.94. The van der Waals surface area contributed by atoms with E-state index in [4.69, 9.17) is 0 Å². The highest BCUT2D eigenvalue weighted by Crippen LogP contribution is 2.23. The highest BCUT2D eigenvalue weighted by molar-refractivity contribution is 7.55. The molecule has 2 rings (SSSR count). The first-order valence-electron chi connectivity index (χ1n) is 7.04. The summed E-state index contributed by atoms with van der Waals surface area (Å²) in [5, 5.41) is 2.98. The number of hydrogen-bond acceptors (Lipinski definition) is 0. The van der Waals surface area contributed by atoms with Gasteiger partial charge in [0.2, 0.25) is 0 Å². The lowest BCUT2D eigenvalue weighted by atomic mass is 10.0. The Labute approximate surface area is 131 Å². The number of benzene rings is 2. The van der Waals surface area contributed by atoms with Crippen LogP contribution in [0.25, 0.3) is 0 Å². The maximum atomic E-state index is 2.28. The minimum absolute atomic E-state index is 0. The van der Waals surface area contributed by atoms with Gasteiger partial charge in [-0.2, -0.15) is 0 Å². The molecule has 0 spiro atoms. The van der Waals surface area contributed by atoms with Gasteiger partial charge in [-0.3, -0.25) is 0 Å². The fraction of sp³-hybridized carbons (Fsp3) is 0.333. The molecular weight excluding hydrogens is 283 g/mol. The van der Waals surface area contributed by atoms with Crippen LogP contribution in [0.4, 0.5) is 0 Å². The van der Waals surface area contributed by atoms with Crippen LogP contribution < -0.4 is 10.6 Å². The average molecular weight is 307 g/mol. The van der Waals surface area contributed by atoms with Crippen LogP contribution in [0.3, 0.4) is 0 Å². The summed E-state index contributed by atoms with van der Waals surface area (Å²) < 4.78 is 0. The molecule has 108 valence electrons. The Morgan fingerprint density at radius 2 is 1.00 bits per heavy atom. The molecule has 0 aromatic heterocycles. The van der Waals surface area contributed by atoms with E-state index in [-0.39, 0.29) is 12.4 Å². The third-order valence-electron chi connectivity index (χ3n) is 3.43. The minimum atomic E-state index is 0. The Kier molecular flexibility index (Phi) is 6.72. The summed E-state index contributed by atoms with van der Waals surface area (Å²) in [5.74, 6) is 1.19. The molecule has 0 aliphatic rings. The van der Waals surface area contributed by atoms with Gasteiger partial charge in [-0.15, -0.1) is 12.4 Å². The summed E-state index contributed by atoms with van der Waals surface area (Å²) in [7, 11) is 0.760. The first-order chi connectivity index (χ1) is 9.09. The molecule has 2 heteroatoms. The van der Waals surface area contributed by atoms with E-state index >= 15 is 0 Å². The Morgan fingerprint density at radius 3 is 1.35 bits per heavy atom. The van der Waals surface area contributed by atoms with Crippen molar-refractivity contribution in [3.63, 3.8) is 0 Å². The van der Waals surface area contributed by atoms with Gasteiger partial charge in [0.05, 0.1) is 0 Å². The smallest absolute Gasteiger partial charge is 0.0192 e. The number of hydrogen-bond donors (Lipinski definition) is 0. The van der Waals surface area contributed by atoms with Crippen LogP contribution in [0.1, 0.15) is 50.7 Å². The molecule has 20 heavy (non-hydrogen) atoms. The highest BCUT2D eigenvalue weighted by Gasteiger charge is 2.10. The molecule has 0 nitrogen and oxygen atoms in total. The van der Waals surface area contributed by atoms with Crippen LogP contribution in [0, 0.1) is 0 Å². The molecule has 0 aliphatic carbocycles. The maximum Gasteiger partial charge on any atom is -0.0192 e. The Hall–Kier alpha value is -0.840. The van der Waals surface area contributed by atoms with Gasteiger partial charge < -0.3 is 0 Å². The summed E-state index contributed by atoms with van der Waals surface area (Å²) in [6.45, 7) is 9.10. The topological polar surface area (TPSA) is 0 Å². The third-order valence-corrected chi connectivity index (χ3v) is 4.88. The van der Waals surface area contributed by atoms with Crippen LogP contribution in [0.2, 0.25) is 0 Å². The number of halogens is 1. The SMILES string of the molecule is CC(C)c1ccccc1Pc1ccccc1C(C)C.Cl. The van der Waals surface area contributed by atoms with Crippen LogP contribution >= 0.6 is 21.0 Å². The van der Waals surface area contributed by atoms with Crippen LogP contribution in [0.5, 0.6) is 0 Å². The normalized spacial score (nSPS) is 10.7. The van der Waals surface area contributed by atoms with Gasteiger partial charge in [0.25, 0.3) is 0 Å². The second kappa shape index (κ2) is 7.81. The fourth-order valence-electron chi connectivity index (χ4n) is 2.37. The summed E-state index contributed by atoms with van der Waals surface area (Å²) >= 11 is 0. The Balaban J connectivity index is 0.00000200. The molecule has 0 fully saturated rings. The zero-order chi connectivity index (χ0) is 13.8. The molecule has 2 aromatic rings. The molecule has 0 radical (unpaired) electrons. The summed E-state index contributed by atoms with van der Waals surface area (Å²) in [5.41, 5.74) is 2.97. The lowest BCUT2D eigenvalue weighted by Gasteiger charge is -2.16. The molecular formula is C18H24ClP. The van der Waals surface area contributed by atoms with Crippen molar-refractivity contribution in [3.8, 4) is 0 Å². The molecule has 0 N–H and O–H groups in total. The minimum Gasteiger partial charge on any atom is -0.147 e. The highest BCUT2D eigenvalue weighted by atomic mass is 35.5. The van der Waals surface area contributed by atoms with Gasteiger partial charge in [0.15, 0.2) is 0 Å². The van der Waals surface area contributed by atoms with Gasteiger partial charge in [-0.05, 0) is 33.6 Å². The van der Waals surface area contributed by atoms with E-state index in [1.807, 2.05) is 0 Å². The standard InChI is InChI=1S/C18H23P.ClH/c1-13(2)15-9-5-7-11-17(15)19-18-12-8-6-10-16(18)14(3)4;/h5-14,19H,1-4H3;1H. The van der Waals surface area contributed by atoms with E-state index in [0.717, 1.165) is 8.58 Å². The van der Waals surface area contributed by atoms with Crippen LogP contribution in [-0.4, -0.2) is 0 Å². The van der Waals surface area contributed by atoms with Crippen LogP contribution in [-0.2, 0) is 0 Å². The third kappa shape index (κ3) is 4.08. The van der Waals surface area contributed by atoms with Crippen molar-refractivity contribution < 1.29 is 0 Å². The molecule has 2 aromatic carbocycles. The zero-order valence-corrected chi connectivity index (χ0v) is 14.5. The first-order valence-corrected chi connectivity index (χ1v) is 8.04. The van der Waals surface area contributed by atoms with Crippen molar-refractivity contribution in [2.45, 2.75) is 39.5 Å². The Bertz CT molecular complexity index is 497. The quantitative estimate of drug-likeness (QED) is 0.699. The van der Waals surface area contributed by atoms with E-state index in [2.05, 4.69) is 76.2 Å². The van der Waals surface area contributed by atoms with E-state index in [9.17, 15) is 0 Å². The van der Waals surface area contributed by atoms with Crippen molar-refractivity contribution in [1.82, 2.24) is 0 Å².